The first-order valence-corrected chi connectivity index (χ1v) is 9.76. The van der Waals surface area contributed by atoms with E-state index in [1.54, 1.807) is 30.3 Å². The zero-order valence-electron chi connectivity index (χ0n) is 14.9. The number of anilines is 1. The highest BCUT2D eigenvalue weighted by Gasteiger charge is 2.16. The lowest BCUT2D eigenvalue weighted by molar-refractivity contribution is -0.384. The van der Waals surface area contributed by atoms with Gasteiger partial charge in [-0.1, -0.05) is 29.3 Å². The van der Waals surface area contributed by atoms with Gasteiger partial charge in [-0.3, -0.25) is 14.9 Å². The van der Waals surface area contributed by atoms with Crippen LogP contribution in [0, 0.1) is 21.4 Å². The third-order valence-electron chi connectivity index (χ3n) is 3.91. The number of nitriles is 1. The Hall–Kier alpha value is -3.12. The number of halogens is 3. The van der Waals surface area contributed by atoms with Crippen LogP contribution in [0.25, 0.3) is 17.4 Å². The van der Waals surface area contributed by atoms with Gasteiger partial charge in [0.2, 0.25) is 0 Å². The Kier molecular flexibility index (Phi) is 6.57. The molecule has 0 saturated heterocycles. The molecule has 0 unspecified atom stereocenters. The number of rotatable bonds is 5. The predicted octanol–water partition coefficient (Wildman–Crippen LogP) is 6.47. The molecule has 0 saturated carbocycles. The highest BCUT2D eigenvalue weighted by Crippen LogP contribution is 2.33. The van der Waals surface area contributed by atoms with Crippen molar-refractivity contribution in [2.45, 2.75) is 0 Å². The van der Waals surface area contributed by atoms with Gasteiger partial charge in [-0.05, 0) is 46.3 Å². The van der Waals surface area contributed by atoms with E-state index in [0.717, 1.165) is 0 Å². The van der Waals surface area contributed by atoms with E-state index in [9.17, 15) is 20.2 Å². The molecule has 30 heavy (non-hydrogen) atoms. The third-order valence-corrected chi connectivity index (χ3v) is 5.38. The lowest BCUT2D eigenvalue weighted by atomic mass is 10.1. The number of carbonyl (C=O) groups excluding carboxylic acids is 1. The molecule has 1 amide bonds. The van der Waals surface area contributed by atoms with Gasteiger partial charge in [-0.25, -0.2) is 0 Å². The largest absolute Gasteiger partial charge is 0.457 e. The van der Waals surface area contributed by atoms with Crippen LogP contribution in [0.2, 0.25) is 10.0 Å². The number of hydrogen-bond donors (Lipinski definition) is 1. The standard InChI is InChI=1S/C20H10BrCl2N3O4/c21-15-9-12(26(28)29)4-6-14(15)18-7-5-13(30-18)8-11(10-24)20(27)25-17-3-1-2-16(22)19(17)23/h1-9H,(H,25,27)/b11-8+. The molecule has 1 heterocycles. The fourth-order valence-corrected chi connectivity index (χ4v) is 3.38. The zero-order chi connectivity index (χ0) is 21.8. The van der Waals surface area contributed by atoms with Gasteiger partial charge in [-0.15, -0.1) is 0 Å². The molecule has 0 aliphatic carbocycles. The monoisotopic (exact) mass is 505 g/mol. The van der Waals surface area contributed by atoms with E-state index in [1.165, 1.54) is 24.3 Å². The molecule has 150 valence electrons. The lowest BCUT2D eigenvalue weighted by Gasteiger charge is -2.07. The summed E-state index contributed by atoms with van der Waals surface area (Å²) in [4.78, 5) is 22.8. The van der Waals surface area contributed by atoms with Crippen LogP contribution >= 0.6 is 39.1 Å². The van der Waals surface area contributed by atoms with Gasteiger partial charge in [0, 0.05) is 28.2 Å². The number of nitrogens with one attached hydrogen (secondary N) is 1. The minimum Gasteiger partial charge on any atom is -0.457 e. The van der Waals surface area contributed by atoms with E-state index < -0.39 is 10.8 Å². The van der Waals surface area contributed by atoms with Gasteiger partial charge in [0.25, 0.3) is 11.6 Å². The van der Waals surface area contributed by atoms with Crippen molar-refractivity contribution in [1.82, 2.24) is 0 Å². The lowest BCUT2D eigenvalue weighted by Crippen LogP contribution is -2.13. The van der Waals surface area contributed by atoms with Crippen molar-refractivity contribution >= 4 is 62.5 Å². The van der Waals surface area contributed by atoms with Crippen LogP contribution < -0.4 is 5.32 Å². The molecule has 0 atom stereocenters. The summed E-state index contributed by atoms with van der Waals surface area (Å²) in [5.41, 5.74) is 0.564. The van der Waals surface area contributed by atoms with Crippen LogP contribution in [0.15, 0.2) is 63.0 Å². The number of non-ortho nitro benzene ring substituents is 1. The molecule has 0 fully saturated rings. The quantitative estimate of drug-likeness (QED) is 0.184. The van der Waals surface area contributed by atoms with Crippen molar-refractivity contribution in [3.8, 4) is 17.4 Å². The molecule has 0 aliphatic rings. The van der Waals surface area contributed by atoms with E-state index in [1.807, 2.05) is 6.07 Å². The van der Waals surface area contributed by atoms with E-state index in [0.29, 0.717) is 15.8 Å². The topological polar surface area (TPSA) is 109 Å². The van der Waals surface area contributed by atoms with Crippen molar-refractivity contribution in [3.05, 3.63) is 84.5 Å². The summed E-state index contributed by atoms with van der Waals surface area (Å²) in [6, 6.07) is 14.0. The van der Waals surface area contributed by atoms with Crippen molar-refractivity contribution in [3.63, 3.8) is 0 Å². The molecule has 1 aromatic heterocycles. The maximum absolute atomic E-state index is 12.4. The molecule has 0 spiro atoms. The Bertz CT molecular complexity index is 1230. The molecular weight excluding hydrogens is 497 g/mol. The normalized spacial score (nSPS) is 11.1. The van der Waals surface area contributed by atoms with Crippen LogP contribution in [0.3, 0.4) is 0 Å². The smallest absolute Gasteiger partial charge is 0.270 e. The summed E-state index contributed by atoms with van der Waals surface area (Å²) in [5, 5.41) is 23.2. The number of nitro groups is 1. The van der Waals surface area contributed by atoms with Crippen molar-refractivity contribution in [1.29, 1.82) is 5.26 Å². The van der Waals surface area contributed by atoms with Gasteiger partial charge in [-0.2, -0.15) is 5.26 Å². The van der Waals surface area contributed by atoms with E-state index in [4.69, 9.17) is 27.6 Å². The molecule has 7 nitrogen and oxygen atoms in total. The van der Waals surface area contributed by atoms with E-state index >= 15 is 0 Å². The summed E-state index contributed by atoms with van der Waals surface area (Å²) in [7, 11) is 0. The van der Waals surface area contributed by atoms with E-state index in [2.05, 4.69) is 21.2 Å². The van der Waals surface area contributed by atoms with Gasteiger partial charge < -0.3 is 9.73 Å². The summed E-state index contributed by atoms with van der Waals surface area (Å²) in [5.74, 6) is -0.0334. The molecule has 2 aromatic carbocycles. The number of nitrogens with zero attached hydrogens (tertiary/aromatic N) is 2. The highest BCUT2D eigenvalue weighted by atomic mass is 79.9. The molecule has 0 radical (unpaired) electrons. The first-order chi connectivity index (χ1) is 14.3. The van der Waals surface area contributed by atoms with E-state index in [-0.39, 0.29) is 32.8 Å². The van der Waals surface area contributed by atoms with Crippen LogP contribution in [0.4, 0.5) is 11.4 Å². The fourth-order valence-electron chi connectivity index (χ4n) is 2.47. The molecule has 1 N–H and O–H groups in total. The SMILES string of the molecule is N#C/C(=C\c1ccc(-c2ccc([N+](=O)[O-])cc2Br)o1)C(=O)Nc1cccc(Cl)c1Cl. The van der Waals surface area contributed by atoms with Crippen LogP contribution in [-0.4, -0.2) is 10.8 Å². The van der Waals surface area contributed by atoms with Crippen molar-refractivity contribution in [2.24, 2.45) is 0 Å². The van der Waals surface area contributed by atoms with Gasteiger partial charge in [0.15, 0.2) is 0 Å². The fraction of sp³-hybridized carbons (Fsp3) is 0. The minimum atomic E-state index is -0.684. The second kappa shape index (κ2) is 9.13. The second-order valence-electron chi connectivity index (χ2n) is 5.85. The highest BCUT2D eigenvalue weighted by molar-refractivity contribution is 9.10. The molecule has 0 aliphatic heterocycles. The number of benzene rings is 2. The van der Waals surface area contributed by atoms with Gasteiger partial charge >= 0.3 is 0 Å². The molecule has 3 rings (SSSR count). The zero-order valence-corrected chi connectivity index (χ0v) is 18.0. The minimum absolute atomic E-state index is 0.0691. The summed E-state index contributed by atoms with van der Waals surface area (Å²) < 4.78 is 6.14. The molecule has 3 aromatic rings. The number of nitro benzene ring substituents is 1. The number of furan rings is 1. The van der Waals surface area contributed by atoms with Crippen molar-refractivity contribution < 1.29 is 14.1 Å². The van der Waals surface area contributed by atoms with Gasteiger partial charge in [0.05, 0.1) is 20.7 Å². The number of hydrogen-bond acceptors (Lipinski definition) is 5. The van der Waals surface area contributed by atoms with Gasteiger partial charge in [0.1, 0.15) is 23.2 Å². The van der Waals surface area contributed by atoms with Crippen LogP contribution in [-0.2, 0) is 4.79 Å². The molecule has 10 heteroatoms. The summed E-state index contributed by atoms with van der Waals surface area (Å²) in [6.45, 7) is 0. The Morgan fingerprint density at radius 3 is 2.67 bits per heavy atom. The maximum Gasteiger partial charge on any atom is 0.270 e. The maximum atomic E-state index is 12.4. The molecule has 0 bridgehead atoms. The first kappa shape index (κ1) is 21.6. The second-order valence-corrected chi connectivity index (χ2v) is 7.49. The van der Waals surface area contributed by atoms with Crippen LogP contribution in [0.5, 0.6) is 0 Å². The Morgan fingerprint density at radius 1 is 1.23 bits per heavy atom. The number of carbonyl (C=O) groups is 1. The average Bonchev–Trinajstić information content (AvgIpc) is 3.17. The number of amides is 1. The molecular formula is C20H10BrCl2N3O4. The average molecular weight is 507 g/mol. The first-order valence-electron chi connectivity index (χ1n) is 8.21. The van der Waals surface area contributed by atoms with Crippen molar-refractivity contribution in [2.75, 3.05) is 5.32 Å². The Labute approximate surface area is 188 Å². The Morgan fingerprint density at radius 2 is 2.00 bits per heavy atom. The predicted molar refractivity (Wildman–Crippen MR) is 117 cm³/mol. The summed E-state index contributed by atoms with van der Waals surface area (Å²) in [6.07, 6.45) is 1.27. The Balaban J connectivity index is 1.85. The summed E-state index contributed by atoms with van der Waals surface area (Å²) >= 11 is 15.2. The third kappa shape index (κ3) is 4.71. The van der Waals surface area contributed by atoms with Crippen LogP contribution in [0.1, 0.15) is 5.76 Å².